The highest BCUT2D eigenvalue weighted by Crippen LogP contribution is 2.32. The Balaban J connectivity index is 1.90. The van der Waals surface area contributed by atoms with Gasteiger partial charge >= 0.3 is 0 Å². The fourth-order valence-electron chi connectivity index (χ4n) is 3.55. The van der Waals surface area contributed by atoms with E-state index in [0.29, 0.717) is 6.04 Å². The zero-order chi connectivity index (χ0) is 14.1. The van der Waals surface area contributed by atoms with Crippen LogP contribution in [0.25, 0.3) is 0 Å². The Kier molecular flexibility index (Phi) is 3.96. The van der Waals surface area contributed by atoms with Crippen molar-refractivity contribution < 1.29 is 4.74 Å². The number of piperazine rings is 3. The third kappa shape index (κ3) is 2.32. The molecule has 112 valence electrons. The Morgan fingerprint density at radius 3 is 2.70 bits per heavy atom. The lowest BCUT2D eigenvalue weighted by Crippen LogP contribution is -2.64. The third-order valence-corrected chi connectivity index (χ3v) is 4.59. The zero-order valence-corrected chi connectivity index (χ0v) is 12.7. The van der Waals surface area contributed by atoms with Crippen LogP contribution in [0, 0.1) is 0 Å². The molecule has 2 bridgehead atoms. The number of hydrogen-bond donors (Lipinski definition) is 1. The van der Waals surface area contributed by atoms with Crippen molar-refractivity contribution in [3.63, 3.8) is 0 Å². The third-order valence-electron chi connectivity index (χ3n) is 4.59. The first-order chi connectivity index (χ1) is 9.74. The Morgan fingerprint density at radius 2 is 2.15 bits per heavy atom. The van der Waals surface area contributed by atoms with Crippen molar-refractivity contribution in [3.05, 3.63) is 11.9 Å². The summed E-state index contributed by atoms with van der Waals surface area (Å²) >= 11 is 0. The van der Waals surface area contributed by atoms with Gasteiger partial charge in [-0.15, -0.1) is 0 Å². The Bertz CT molecular complexity index is 452. The van der Waals surface area contributed by atoms with Crippen LogP contribution in [0.15, 0.2) is 6.20 Å². The molecule has 20 heavy (non-hydrogen) atoms. The van der Waals surface area contributed by atoms with Crippen LogP contribution in [0.5, 0.6) is 5.75 Å². The average molecular weight is 279 g/mol. The van der Waals surface area contributed by atoms with Crippen LogP contribution >= 0.6 is 0 Å². The van der Waals surface area contributed by atoms with Gasteiger partial charge in [-0.2, -0.15) is 5.10 Å². The van der Waals surface area contributed by atoms with Gasteiger partial charge in [-0.1, -0.05) is 6.92 Å². The molecule has 4 heterocycles. The molecule has 0 amide bonds. The molecular weight excluding hydrogens is 254 g/mol. The van der Waals surface area contributed by atoms with E-state index in [1.807, 2.05) is 17.9 Å². The maximum absolute atomic E-state index is 5.51. The highest BCUT2D eigenvalue weighted by molar-refractivity contribution is 5.30. The summed E-state index contributed by atoms with van der Waals surface area (Å²) in [4.78, 5) is 5.18. The van der Waals surface area contributed by atoms with Crippen LogP contribution in [0.3, 0.4) is 0 Å². The summed E-state index contributed by atoms with van der Waals surface area (Å²) in [6.45, 7) is 9.00. The fraction of sp³-hybridized carbons (Fsp3) is 0.786. The van der Waals surface area contributed by atoms with Crippen molar-refractivity contribution in [2.24, 2.45) is 7.05 Å². The molecule has 0 spiro atoms. The van der Waals surface area contributed by atoms with Crippen molar-refractivity contribution in [1.82, 2.24) is 24.9 Å². The normalized spacial score (nSPS) is 30.4. The lowest BCUT2D eigenvalue weighted by Gasteiger charge is -2.50. The quantitative estimate of drug-likeness (QED) is 0.827. The second-order valence-electron chi connectivity index (χ2n) is 5.66. The van der Waals surface area contributed by atoms with Gasteiger partial charge in [0.1, 0.15) is 0 Å². The van der Waals surface area contributed by atoms with Crippen LogP contribution < -0.4 is 10.1 Å². The molecule has 2 unspecified atom stereocenters. The molecule has 2 atom stereocenters. The summed E-state index contributed by atoms with van der Waals surface area (Å²) in [5.41, 5.74) is 1.16. The first-order valence-electron chi connectivity index (χ1n) is 7.50. The summed E-state index contributed by atoms with van der Waals surface area (Å²) in [7, 11) is 3.72. The lowest BCUT2D eigenvalue weighted by molar-refractivity contribution is -0.00493. The maximum Gasteiger partial charge on any atom is 0.161 e. The van der Waals surface area contributed by atoms with Crippen LogP contribution in [0.1, 0.15) is 18.7 Å². The number of likely N-dealkylation sites (N-methyl/N-ethyl adjacent to an activating group) is 1. The van der Waals surface area contributed by atoms with E-state index in [9.17, 15) is 0 Å². The summed E-state index contributed by atoms with van der Waals surface area (Å²) < 4.78 is 7.46. The molecule has 0 aromatic carbocycles. The first kappa shape index (κ1) is 13.9. The highest BCUT2D eigenvalue weighted by atomic mass is 16.5. The zero-order valence-electron chi connectivity index (χ0n) is 12.7. The van der Waals surface area contributed by atoms with Gasteiger partial charge in [0, 0.05) is 45.8 Å². The van der Waals surface area contributed by atoms with Crippen molar-refractivity contribution in [3.8, 4) is 5.75 Å². The summed E-state index contributed by atoms with van der Waals surface area (Å²) in [6.07, 6.45) is 1.82. The molecule has 3 aliphatic heterocycles. The molecule has 0 saturated carbocycles. The van der Waals surface area contributed by atoms with Gasteiger partial charge in [-0.3, -0.25) is 14.5 Å². The molecule has 3 fully saturated rings. The second kappa shape index (κ2) is 5.71. The predicted molar refractivity (Wildman–Crippen MR) is 78.0 cm³/mol. The topological polar surface area (TPSA) is 45.6 Å². The number of nitrogens with one attached hydrogen (secondary N) is 1. The summed E-state index contributed by atoms with van der Waals surface area (Å²) in [5.74, 6) is 0.885. The Hall–Kier alpha value is -1.11. The molecule has 1 aromatic heterocycles. The van der Waals surface area contributed by atoms with E-state index < -0.39 is 0 Å². The number of fused-ring (bicyclic) bond motifs is 3. The molecule has 0 radical (unpaired) electrons. The van der Waals surface area contributed by atoms with E-state index in [4.69, 9.17) is 4.74 Å². The molecule has 0 aliphatic carbocycles. The average Bonchev–Trinajstić information content (AvgIpc) is 2.87. The standard InChI is InChI=1S/C14H25N5O/c1-4-15-13(14-12(20-3)9-16-17(14)2)11-10-18-5-7-19(11)8-6-18/h9,11,13,15H,4-8,10H2,1-3H3. The molecule has 3 aliphatic rings. The number of nitrogens with zero attached hydrogens (tertiary/aromatic N) is 4. The molecule has 4 rings (SSSR count). The van der Waals surface area contributed by atoms with E-state index in [-0.39, 0.29) is 6.04 Å². The monoisotopic (exact) mass is 279 g/mol. The largest absolute Gasteiger partial charge is 0.493 e. The van der Waals surface area contributed by atoms with Gasteiger partial charge in [0.2, 0.25) is 0 Å². The van der Waals surface area contributed by atoms with Crippen LogP contribution in [0.2, 0.25) is 0 Å². The van der Waals surface area contributed by atoms with Gasteiger partial charge in [0.05, 0.1) is 25.0 Å². The van der Waals surface area contributed by atoms with E-state index in [2.05, 4.69) is 27.1 Å². The molecule has 3 saturated heterocycles. The van der Waals surface area contributed by atoms with Crippen molar-refractivity contribution in [2.45, 2.75) is 19.0 Å². The summed E-state index contributed by atoms with van der Waals surface area (Å²) in [5, 5.41) is 8.01. The molecule has 6 nitrogen and oxygen atoms in total. The number of aryl methyl sites for hydroxylation is 1. The van der Waals surface area contributed by atoms with E-state index in [1.54, 1.807) is 7.11 Å². The SMILES string of the molecule is CCNC(c1c(OC)cnn1C)C1CN2CCN1CC2. The second-order valence-corrected chi connectivity index (χ2v) is 5.66. The number of ether oxygens (including phenoxy) is 1. The van der Waals surface area contributed by atoms with Gasteiger partial charge in [0.15, 0.2) is 5.75 Å². The minimum absolute atomic E-state index is 0.269. The van der Waals surface area contributed by atoms with Gasteiger partial charge in [-0.25, -0.2) is 0 Å². The number of hydrogen-bond acceptors (Lipinski definition) is 5. The minimum atomic E-state index is 0.269. The van der Waals surface area contributed by atoms with Crippen LogP contribution in [-0.2, 0) is 7.05 Å². The van der Waals surface area contributed by atoms with Gasteiger partial charge in [0.25, 0.3) is 0 Å². The first-order valence-corrected chi connectivity index (χ1v) is 7.50. The van der Waals surface area contributed by atoms with Crippen molar-refractivity contribution >= 4 is 0 Å². The number of methoxy groups -OCH3 is 1. The maximum atomic E-state index is 5.51. The predicted octanol–water partition coefficient (Wildman–Crippen LogP) is 0.0791. The molecular formula is C14H25N5O. The van der Waals surface area contributed by atoms with Crippen LogP contribution in [0.4, 0.5) is 0 Å². The van der Waals surface area contributed by atoms with E-state index >= 15 is 0 Å². The molecule has 6 heteroatoms. The van der Waals surface area contributed by atoms with Gasteiger partial charge in [-0.05, 0) is 6.54 Å². The summed E-state index contributed by atoms with van der Waals surface area (Å²) in [6, 6.07) is 0.771. The number of rotatable bonds is 5. The van der Waals surface area contributed by atoms with Crippen molar-refractivity contribution in [2.75, 3.05) is 46.4 Å². The minimum Gasteiger partial charge on any atom is -0.493 e. The number of aromatic nitrogens is 2. The van der Waals surface area contributed by atoms with Crippen molar-refractivity contribution in [1.29, 1.82) is 0 Å². The smallest absolute Gasteiger partial charge is 0.161 e. The molecule has 1 aromatic rings. The van der Waals surface area contributed by atoms with Gasteiger partial charge < -0.3 is 10.1 Å². The van der Waals surface area contributed by atoms with E-state index in [0.717, 1.165) is 24.5 Å². The highest BCUT2D eigenvalue weighted by Gasteiger charge is 2.39. The van der Waals surface area contributed by atoms with Crippen LogP contribution in [-0.4, -0.2) is 72.0 Å². The Labute approximate surface area is 120 Å². The van der Waals surface area contributed by atoms with E-state index in [1.165, 1.54) is 26.2 Å². The lowest BCUT2D eigenvalue weighted by atomic mass is 9.97. The molecule has 1 N–H and O–H groups in total. The Morgan fingerprint density at radius 1 is 1.40 bits per heavy atom. The fourth-order valence-corrected chi connectivity index (χ4v) is 3.55.